The number of hydrazine groups is 1. The Morgan fingerprint density at radius 1 is 1.47 bits per heavy atom. The molecule has 0 spiro atoms. The van der Waals surface area contributed by atoms with Gasteiger partial charge in [0.15, 0.2) is 0 Å². The van der Waals surface area contributed by atoms with Crippen LogP contribution in [0.2, 0.25) is 0 Å². The molecule has 1 aliphatic rings. The molecule has 1 aromatic heterocycles. The van der Waals surface area contributed by atoms with Crippen molar-refractivity contribution in [2.75, 3.05) is 6.54 Å². The van der Waals surface area contributed by atoms with Crippen LogP contribution in [0.3, 0.4) is 0 Å². The van der Waals surface area contributed by atoms with Crippen LogP contribution < -0.4 is 11.3 Å². The van der Waals surface area contributed by atoms with Gasteiger partial charge in [0.2, 0.25) is 0 Å². The van der Waals surface area contributed by atoms with Crippen LogP contribution in [0, 0.1) is 0 Å². The van der Waals surface area contributed by atoms with Gasteiger partial charge in [-0.15, -0.1) is 0 Å². The number of carbonyl (C=O) groups excluding carboxylic acids is 1. The molecule has 1 fully saturated rings. The van der Waals surface area contributed by atoms with Crippen LogP contribution in [0.4, 0.5) is 0 Å². The number of hydrogen-bond acceptors (Lipinski definition) is 4. The zero-order chi connectivity index (χ0) is 13.7. The Kier molecular flexibility index (Phi) is 4.99. The minimum atomic E-state index is -0.288. The molecular formula is C14H23N3O2. The highest BCUT2D eigenvalue weighted by molar-refractivity contribution is 5.94. The Hall–Kier alpha value is -1.33. The zero-order valence-electron chi connectivity index (χ0n) is 11.5. The fourth-order valence-electron chi connectivity index (χ4n) is 2.87. The summed E-state index contributed by atoms with van der Waals surface area (Å²) in [4.78, 5) is 14.0. The van der Waals surface area contributed by atoms with Crippen molar-refractivity contribution in [1.82, 2.24) is 10.3 Å². The second-order valence-electron chi connectivity index (χ2n) is 5.09. The third-order valence-electron chi connectivity index (χ3n) is 3.97. The average Bonchev–Trinajstić information content (AvgIpc) is 2.93. The maximum Gasteiger partial charge on any atom is 0.268 e. The number of amides is 1. The predicted molar refractivity (Wildman–Crippen MR) is 73.3 cm³/mol. The molecule has 1 saturated carbocycles. The summed E-state index contributed by atoms with van der Waals surface area (Å²) in [7, 11) is 0. The monoisotopic (exact) mass is 265 g/mol. The summed E-state index contributed by atoms with van der Waals surface area (Å²) in [6.07, 6.45) is 7.98. The second kappa shape index (κ2) is 6.73. The number of rotatable bonds is 5. The van der Waals surface area contributed by atoms with Gasteiger partial charge >= 0.3 is 0 Å². The lowest BCUT2D eigenvalue weighted by Gasteiger charge is -2.33. The maximum atomic E-state index is 11.6. The zero-order valence-corrected chi connectivity index (χ0v) is 11.5. The summed E-state index contributed by atoms with van der Waals surface area (Å²) in [5.41, 5.74) is 2.70. The lowest BCUT2D eigenvalue weighted by Crippen LogP contribution is -2.37. The smallest absolute Gasteiger partial charge is 0.268 e. The van der Waals surface area contributed by atoms with Crippen molar-refractivity contribution < 1.29 is 9.21 Å². The third kappa shape index (κ3) is 3.36. The number of nitrogen functional groups attached to an aromatic ring is 1. The molecule has 1 heterocycles. The Labute approximate surface area is 114 Å². The van der Waals surface area contributed by atoms with Gasteiger partial charge in [0.1, 0.15) is 5.76 Å². The van der Waals surface area contributed by atoms with E-state index in [9.17, 15) is 4.79 Å². The van der Waals surface area contributed by atoms with Crippen LogP contribution in [-0.2, 0) is 6.54 Å². The van der Waals surface area contributed by atoms with E-state index in [0.29, 0.717) is 23.9 Å². The van der Waals surface area contributed by atoms with E-state index in [1.807, 2.05) is 0 Å². The highest BCUT2D eigenvalue weighted by Gasteiger charge is 2.23. The van der Waals surface area contributed by atoms with Crippen LogP contribution in [0.5, 0.6) is 0 Å². The second-order valence-corrected chi connectivity index (χ2v) is 5.09. The van der Waals surface area contributed by atoms with Crippen LogP contribution in [0.15, 0.2) is 16.7 Å². The normalized spacial score (nSPS) is 16.8. The Bertz CT molecular complexity index is 411. The lowest BCUT2D eigenvalue weighted by atomic mass is 9.94. The Morgan fingerprint density at radius 2 is 2.21 bits per heavy atom. The number of furan rings is 1. The van der Waals surface area contributed by atoms with E-state index in [1.54, 1.807) is 12.3 Å². The van der Waals surface area contributed by atoms with Crippen molar-refractivity contribution in [1.29, 1.82) is 0 Å². The molecule has 1 amide bonds. The van der Waals surface area contributed by atoms with Crippen molar-refractivity contribution in [3.63, 3.8) is 0 Å². The average molecular weight is 265 g/mol. The highest BCUT2D eigenvalue weighted by atomic mass is 16.3. The fraction of sp³-hybridized carbons (Fsp3) is 0.643. The molecule has 5 heteroatoms. The van der Waals surface area contributed by atoms with Gasteiger partial charge in [0.25, 0.3) is 5.91 Å². The first kappa shape index (κ1) is 14.1. The summed E-state index contributed by atoms with van der Waals surface area (Å²) in [5.74, 6) is 5.60. The molecule has 106 valence electrons. The first-order valence-electron chi connectivity index (χ1n) is 7.07. The molecule has 1 aromatic rings. The Balaban J connectivity index is 2.05. The van der Waals surface area contributed by atoms with Crippen molar-refractivity contribution in [3.8, 4) is 0 Å². The van der Waals surface area contributed by atoms with Gasteiger partial charge in [-0.3, -0.25) is 15.1 Å². The van der Waals surface area contributed by atoms with Gasteiger partial charge < -0.3 is 4.42 Å². The molecule has 3 N–H and O–H groups in total. The van der Waals surface area contributed by atoms with Gasteiger partial charge in [0.05, 0.1) is 18.4 Å². The Morgan fingerprint density at radius 3 is 2.84 bits per heavy atom. The van der Waals surface area contributed by atoms with E-state index in [1.165, 1.54) is 32.1 Å². The molecule has 5 nitrogen and oxygen atoms in total. The molecule has 0 aromatic carbocycles. The van der Waals surface area contributed by atoms with E-state index in [-0.39, 0.29) is 5.91 Å². The molecule has 0 atom stereocenters. The van der Waals surface area contributed by atoms with E-state index < -0.39 is 0 Å². The topological polar surface area (TPSA) is 71.5 Å². The summed E-state index contributed by atoms with van der Waals surface area (Å²) in [6.45, 7) is 3.80. The molecule has 0 radical (unpaired) electrons. The van der Waals surface area contributed by atoms with E-state index in [4.69, 9.17) is 10.3 Å². The van der Waals surface area contributed by atoms with Crippen LogP contribution in [-0.4, -0.2) is 23.4 Å². The van der Waals surface area contributed by atoms with Gasteiger partial charge in [-0.05, 0) is 25.5 Å². The van der Waals surface area contributed by atoms with Crippen LogP contribution >= 0.6 is 0 Å². The first-order valence-corrected chi connectivity index (χ1v) is 7.07. The summed E-state index contributed by atoms with van der Waals surface area (Å²) >= 11 is 0. The van der Waals surface area contributed by atoms with Gasteiger partial charge in [0, 0.05) is 6.04 Å². The minimum Gasteiger partial charge on any atom is -0.467 e. The van der Waals surface area contributed by atoms with E-state index in [0.717, 1.165) is 6.54 Å². The third-order valence-corrected chi connectivity index (χ3v) is 3.97. The SMILES string of the molecule is CCN(Cc1occc1C(=O)NN)C1CCCCC1. The van der Waals surface area contributed by atoms with Gasteiger partial charge in [-0.25, -0.2) is 5.84 Å². The standard InChI is InChI=1S/C14H23N3O2/c1-2-17(11-6-4-3-5-7-11)10-13-12(8-9-19-13)14(18)16-15/h8-9,11H,2-7,10,15H2,1H3,(H,16,18). The summed E-state index contributed by atoms with van der Waals surface area (Å²) in [5, 5.41) is 0. The maximum absolute atomic E-state index is 11.6. The van der Waals surface area contributed by atoms with Crippen molar-refractivity contribution in [2.24, 2.45) is 5.84 Å². The van der Waals surface area contributed by atoms with Crippen molar-refractivity contribution in [2.45, 2.75) is 51.6 Å². The molecule has 0 unspecified atom stereocenters. The van der Waals surface area contributed by atoms with Gasteiger partial charge in [-0.1, -0.05) is 26.2 Å². The van der Waals surface area contributed by atoms with E-state index in [2.05, 4.69) is 17.2 Å². The van der Waals surface area contributed by atoms with Crippen LogP contribution in [0.25, 0.3) is 0 Å². The molecule has 2 rings (SSSR count). The molecule has 0 bridgehead atoms. The lowest BCUT2D eigenvalue weighted by molar-refractivity contribution is 0.0946. The molecular weight excluding hydrogens is 242 g/mol. The number of nitrogens with zero attached hydrogens (tertiary/aromatic N) is 1. The molecule has 19 heavy (non-hydrogen) atoms. The predicted octanol–water partition coefficient (Wildman–Crippen LogP) is 2.04. The van der Waals surface area contributed by atoms with Crippen molar-refractivity contribution >= 4 is 5.91 Å². The number of hydrogen-bond donors (Lipinski definition) is 2. The first-order chi connectivity index (χ1) is 9.26. The number of nitrogens with two attached hydrogens (primary N) is 1. The summed E-state index contributed by atoms with van der Waals surface area (Å²) < 4.78 is 5.45. The quantitative estimate of drug-likeness (QED) is 0.485. The largest absolute Gasteiger partial charge is 0.467 e. The van der Waals surface area contributed by atoms with Crippen LogP contribution in [0.1, 0.15) is 55.1 Å². The highest BCUT2D eigenvalue weighted by Crippen LogP contribution is 2.24. The van der Waals surface area contributed by atoms with E-state index >= 15 is 0 Å². The van der Waals surface area contributed by atoms with Gasteiger partial charge in [-0.2, -0.15) is 0 Å². The minimum absolute atomic E-state index is 0.288. The number of carbonyl (C=O) groups is 1. The number of nitrogens with one attached hydrogen (secondary N) is 1. The van der Waals surface area contributed by atoms with Crippen molar-refractivity contribution in [3.05, 3.63) is 23.7 Å². The fourth-order valence-corrected chi connectivity index (χ4v) is 2.87. The molecule has 1 aliphatic carbocycles. The summed E-state index contributed by atoms with van der Waals surface area (Å²) in [6, 6.07) is 2.28. The molecule has 0 aliphatic heterocycles. The molecule has 0 saturated heterocycles.